The van der Waals surface area contributed by atoms with Crippen molar-refractivity contribution < 1.29 is 0 Å². The second-order valence-corrected chi connectivity index (χ2v) is 6.77. The van der Waals surface area contributed by atoms with E-state index in [1.165, 1.54) is 28.2 Å². The Morgan fingerprint density at radius 2 is 1.96 bits per heavy atom. The van der Waals surface area contributed by atoms with Crippen molar-refractivity contribution in [2.24, 2.45) is 0 Å². The third-order valence-corrected chi connectivity index (χ3v) is 4.62. The summed E-state index contributed by atoms with van der Waals surface area (Å²) in [4.78, 5) is 2.50. The van der Waals surface area contributed by atoms with Crippen molar-refractivity contribution in [3.63, 3.8) is 0 Å². The molecule has 0 saturated heterocycles. The summed E-state index contributed by atoms with van der Waals surface area (Å²) in [7, 11) is 0. The van der Waals surface area contributed by atoms with Gasteiger partial charge in [-0.2, -0.15) is 5.10 Å². The molecule has 0 bridgehead atoms. The van der Waals surface area contributed by atoms with Crippen LogP contribution in [0.4, 0.5) is 0 Å². The molecule has 1 aromatic heterocycles. The van der Waals surface area contributed by atoms with Gasteiger partial charge in [-0.05, 0) is 25.6 Å². The summed E-state index contributed by atoms with van der Waals surface area (Å²) in [5, 5.41) is 8.48. The lowest BCUT2D eigenvalue weighted by atomic mass is 10.0. The van der Waals surface area contributed by atoms with Crippen LogP contribution in [0.25, 0.3) is 5.69 Å². The van der Waals surface area contributed by atoms with Gasteiger partial charge in [-0.1, -0.05) is 38.5 Å². The molecule has 0 spiro atoms. The smallest absolute Gasteiger partial charge is 0.0814 e. The molecule has 2 heterocycles. The van der Waals surface area contributed by atoms with Crippen molar-refractivity contribution in [2.45, 2.75) is 53.2 Å². The zero-order valence-corrected chi connectivity index (χ0v) is 14.8. The first-order valence-corrected chi connectivity index (χ1v) is 8.71. The first-order chi connectivity index (χ1) is 11.1. The summed E-state index contributed by atoms with van der Waals surface area (Å²) in [5.41, 5.74) is 6.47. The molecule has 23 heavy (non-hydrogen) atoms. The van der Waals surface area contributed by atoms with E-state index in [1.807, 2.05) is 0 Å². The summed E-state index contributed by atoms with van der Waals surface area (Å²) < 4.78 is 2.17. The van der Waals surface area contributed by atoms with Crippen molar-refractivity contribution in [1.29, 1.82) is 0 Å². The average molecular weight is 312 g/mol. The molecular weight excluding hydrogens is 284 g/mol. The Labute approximate surface area is 139 Å². The van der Waals surface area contributed by atoms with Crippen molar-refractivity contribution in [3.8, 4) is 5.69 Å². The Morgan fingerprint density at radius 1 is 1.22 bits per heavy atom. The van der Waals surface area contributed by atoms with Crippen molar-refractivity contribution in [1.82, 2.24) is 20.0 Å². The second-order valence-electron chi connectivity index (χ2n) is 6.77. The molecule has 0 unspecified atom stereocenters. The van der Waals surface area contributed by atoms with Crippen molar-refractivity contribution >= 4 is 0 Å². The normalized spacial score (nSPS) is 15.2. The van der Waals surface area contributed by atoms with Crippen molar-refractivity contribution in [2.75, 3.05) is 13.1 Å². The minimum absolute atomic E-state index is 0.473. The van der Waals surface area contributed by atoms with Crippen LogP contribution < -0.4 is 5.32 Å². The predicted molar refractivity (Wildman–Crippen MR) is 94.9 cm³/mol. The van der Waals surface area contributed by atoms with Gasteiger partial charge in [0.25, 0.3) is 0 Å². The lowest BCUT2D eigenvalue weighted by Gasteiger charge is -2.26. The van der Waals surface area contributed by atoms with E-state index in [1.54, 1.807) is 0 Å². The van der Waals surface area contributed by atoms with Crippen LogP contribution in [0.1, 0.15) is 43.3 Å². The minimum atomic E-state index is 0.473. The van der Waals surface area contributed by atoms with Gasteiger partial charge in [-0.15, -0.1) is 0 Å². The molecule has 0 amide bonds. The Balaban J connectivity index is 1.98. The molecular formula is C19H28N4. The van der Waals surface area contributed by atoms with Gasteiger partial charge in [0.05, 0.1) is 17.1 Å². The van der Waals surface area contributed by atoms with Crippen molar-refractivity contribution in [3.05, 3.63) is 46.8 Å². The van der Waals surface area contributed by atoms with E-state index in [2.05, 4.69) is 66.9 Å². The maximum absolute atomic E-state index is 4.96. The molecule has 1 aliphatic heterocycles. The number of aromatic nitrogens is 2. The molecule has 0 aliphatic carbocycles. The van der Waals surface area contributed by atoms with E-state index in [4.69, 9.17) is 5.10 Å². The standard InChI is InChI=1S/C19H28N4/c1-5-22-11-10-19-17(13-22)18(12-20-14(2)3)21-23(19)16-8-6-15(4)7-9-16/h6-9,14,20H,5,10-13H2,1-4H3. The number of likely N-dealkylation sites (N-methyl/N-ethyl adjacent to an activating group) is 1. The van der Waals surface area contributed by atoms with Gasteiger partial charge in [-0.25, -0.2) is 4.68 Å². The summed E-state index contributed by atoms with van der Waals surface area (Å²) in [6.45, 7) is 12.8. The zero-order valence-electron chi connectivity index (χ0n) is 14.8. The van der Waals surface area contributed by atoms with Crippen LogP contribution in [0.2, 0.25) is 0 Å². The maximum atomic E-state index is 4.96. The topological polar surface area (TPSA) is 33.1 Å². The highest BCUT2D eigenvalue weighted by atomic mass is 15.3. The van der Waals surface area contributed by atoms with Gasteiger partial charge in [0.2, 0.25) is 0 Å². The molecule has 4 nitrogen and oxygen atoms in total. The van der Waals surface area contributed by atoms with E-state index >= 15 is 0 Å². The van der Waals surface area contributed by atoms with Crippen LogP contribution in [0, 0.1) is 6.92 Å². The van der Waals surface area contributed by atoms with Gasteiger partial charge in [-0.3, -0.25) is 4.90 Å². The fourth-order valence-electron chi connectivity index (χ4n) is 3.15. The van der Waals surface area contributed by atoms with E-state index in [9.17, 15) is 0 Å². The van der Waals surface area contributed by atoms with E-state index in [0.717, 1.165) is 32.6 Å². The zero-order chi connectivity index (χ0) is 16.4. The summed E-state index contributed by atoms with van der Waals surface area (Å²) in [6.07, 6.45) is 1.08. The first kappa shape index (κ1) is 16.2. The fourth-order valence-corrected chi connectivity index (χ4v) is 3.15. The number of hydrogen-bond acceptors (Lipinski definition) is 3. The predicted octanol–water partition coefficient (Wildman–Crippen LogP) is 3.06. The minimum Gasteiger partial charge on any atom is -0.309 e. The van der Waals surface area contributed by atoms with Gasteiger partial charge >= 0.3 is 0 Å². The molecule has 1 aromatic carbocycles. The van der Waals surface area contributed by atoms with Crippen LogP contribution in [0.3, 0.4) is 0 Å². The van der Waals surface area contributed by atoms with E-state index < -0.39 is 0 Å². The van der Waals surface area contributed by atoms with Crippen LogP contribution in [0.15, 0.2) is 24.3 Å². The quantitative estimate of drug-likeness (QED) is 0.921. The Morgan fingerprint density at radius 3 is 2.61 bits per heavy atom. The Bertz CT molecular complexity index is 655. The lowest BCUT2D eigenvalue weighted by Crippen LogP contribution is -2.31. The van der Waals surface area contributed by atoms with E-state index in [0.29, 0.717) is 6.04 Å². The molecule has 3 rings (SSSR count). The van der Waals surface area contributed by atoms with Gasteiger partial charge < -0.3 is 5.32 Å². The number of nitrogens with zero attached hydrogens (tertiary/aromatic N) is 3. The third kappa shape index (κ3) is 3.48. The lowest BCUT2D eigenvalue weighted by molar-refractivity contribution is 0.265. The molecule has 0 saturated carbocycles. The van der Waals surface area contributed by atoms with Gasteiger partial charge in [0.15, 0.2) is 0 Å². The third-order valence-electron chi connectivity index (χ3n) is 4.62. The average Bonchev–Trinajstić information content (AvgIpc) is 2.91. The number of nitrogens with one attached hydrogen (secondary N) is 1. The first-order valence-electron chi connectivity index (χ1n) is 8.71. The molecule has 0 radical (unpaired) electrons. The fraction of sp³-hybridized carbons (Fsp3) is 0.526. The number of aryl methyl sites for hydroxylation is 1. The highest BCUT2D eigenvalue weighted by Gasteiger charge is 2.24. The summed E-state index contributed by atoms with van der Waals surface area (Å²) >= 11 is 0. The number of rotatable bonds is 5. The number of benzene rings is 1. The van der Waals surface area contributed by atoms with Crippen LogP contribution >= 0.6 is 0 Å². The SMILES string of the molecule is CCN1CCc2c(c(CNC(C)C)nn2-c2ccc(C)cc2)C1. The maximum Gasteiger partial charge on any atom is 0.0814 e. The molecule has 0 fully saturated rings. The highest BCUT2D eigenvalue weighted by molar-refractivity contribution is 5.40. The Kier molecular flexibility index (Phi) is 4.83. The molecule has 0 atom stereocenters. The highest BCUT2D eigenvalue weighted by Crippen LogP contribution is 2.25. The van der Waals surface area contributed by atoms with Crippen LogP contribution in [-0.4, -0.2) is 33.8 Å². The molecule has 124 valence electrons. The Hall–Kier alpha value is -1.65. The number of fused-ring (bicyclic) bond motifs is 1. The molecule has 2 aromatic rings. The molecule has 4 heteroatoms. The van der Waals surface area contributed by atoms with Crippen LogP contribution in [0.5, 0.6) is 0 Å². The second kappa shape index (κ2) is 6.85. The van der Waals surface area contributed by atoms with Gasteiger partial charge in [0, 0.05) is 37.7 Å². The molecule has 1 aliphatic rings. The number of hydrogen-bond donors (Lipinski definition) is 1. The van der Waals surface area contributed by atoms with Crippen LogP contribution in [-0.2, 0) is 19.5 Å². The monoisotopic (exact) mass is 312 g/mol. The summed E-state index contributed by atoms with van der Waals surface area (Å²) in [6, 6.07) is 9.15. The van der Waals surface area contributed by atoms with E-state index in [-0.39, 0.29) is 0 Å². The van der Waals surface area contributed by atoms with Gasteiger partial charge in [0.1, 0.15) is 0 Å². The largest absolute Gasteiger partial charge is 0.309 e. The summed E-state index contributed by atoms with van der Waals surface area (Å²) in [5.74, 6) is 0. The molecule has 1 N–H and O–H groups in total.